The maximum atomic E-state index is 11.2. The molecule has 0 saturated heterocycles. The summed E-state index contributed by atoms with van der Waals surface area (Å²) in [4.78, 5) is 27.1. The fraction of sp³-hybridized carbons (Fsp3) is 0.389. The summed E-state index contributed by atoms with van der Waals surface area (Å²) in [6.45, 7) is 4.54. The molecule has 139 valence electrons. The molecule has 1 aliphatic rings. The van der Waals surface area contributed by atoms with Crippen LogP contribution in [-0.2, 0) is 28.3 Å². The summed E-state index contributed by atoms with van der Waals surface area (Å²) in [6.07, 6.45) is 2.37. The zero-order valence-corrected chi connectivity index (χ0v) is 15.2. The second-order valence-electron chi connectivity index (χ2n) is 5.57. The van der Waals surface area contributed by atoms with Crippen LogP contribution in [0.1, 0.15) is 40.0 Å². The summed E-state index contributed by atoms with van der Waals surface area (Å²) in [5, 5.41) is 0. The number of aliphatic imine (C=N–C) groups is 1. The van der Waals surface area contributed by atoms with E-state index in [1.54, 1.807) is 6.92 Å². The van der Waals surface area contributed by atoms with Crippen molar-refractivity contribution in [3.63, 3.8) is 0 Å². The number of para-hydroxylation sites is 1. The van der Waals surface area contributed by atoms with Crippen molar-refractivity contribution in [3.05, 3.63) is 41.9 Å². The van der Waals surface area contributed by atoms with E-state index in [9.17, 15) is 9.59 Å². The van der Waals surface area contributed by atoms with E-state index in [0.29, 0.717) is 13.0 Å². The summed E-state index contributed by atoms with van der Waals surface area (Å²) >= 11 is 0. The van der Waals surface area contributed by atoms with E-state index in [-0.39, 0.29) is 5.95 Å². The van der Waals surface area contributed by atoms with Crippen LogP contribution in [0.15, 0.2) is 46.8 Å². The molecule has 0 aromatic heterocycles. The average molecular weight is 359 g/mol. The molecule has 26 heavy (non-hydrogen) atoms. The third kappa shape index (κ3) is 5.95. The molecule has 0 heterocycles. The second-order valence-corrected chi connectivity index (χ2v) is 5.57. The standard InChI is InChI=1S/C18H22BNO6/c1-4-23-18(26-19(24-13(2)21)25-14(3)22)16-11-8-12-17(16)20-15-9-6-5-7-10-15/h5-7,9-10H,4,8,11-12H2,1-3H3/q-1/b18-16-,20-17?. The Morgan fingerprint density at radius 2 is 1.69 bits per heavy atom. The lowest BCUT2D eigenvalue weighted by molar-refractivity contribution is -0.140. The number of carbonyl (C=O) groups is 2. The molecule has 1 fully saturated rings. The summed E-state index contributed by atoms with van der Waals surface area (Å²) < 4.78 is 20.9. The lowest BCUT2D eigenvalue weighted by Gasteiger charge is -2.30. The Labute approximate surface area is 153 Å². The maximum Gasteiger partial charge on any atom is 0.526 e. The molecule has 0 unspecified atom stereocenters. The largest absolute Gasteiger partial charge is 0.642 e. The first-order valence-corrected chi connectivity index (χ1v) is 8.49. The van der Waals surface area contributed by atoms with Crippen LogP contribution in [0.2, 0.25) is 0 Å². The number of ether oxygens (including phenoxy) is 1. The van der Waals surface area contributed by atoms with E-state index in [2.05, 4.69) is 4.99 Å². The van der Waals surface area contributed by atoms with Crippen molar-refractivity contribution in [3.8, 4) is 0 Å². The number of allylic oxidation sites excluding steroid dienone is 1. The van der Waals surface area contributed by atoms with Gasteiger partial charge in [-0.3, -0.25) is 14.6 Å². The molecule has 0 bridgehead atoms. The highest BCUT2D eigenvalue weighted by Gasteiger charge is 2.24. The van der Waals surface area contributed by atoms with E-state index in [1.807, 2.05) is 30.3 Å². The van der Waals surface area contributed by atoms with Gasteiger partial charge in [-0.2, -0.15) is 0 Å². The van der Waals surface area contributed by atoms with Crippen LogP contribution in [0, 0.1) is 0 Å². The van der Waals surface area contributed by atoms with Gasteiger partial charge in [-0.1, -0.05) is 18.2 Å². The molecule has 1 aromatic rings. The summed E-state index contributed by atoms with van der Waals surface area (Å²) in [5.41, 5.74) is 2.44. The number of carbonyl (C=O) groups excluding carboxylic acids is 2. The molecule has 2 rings (SSSR count). The Kier molecular flexibility index (Phi) is 7.26. The highest BCUT2D eigenvalue weighted by molar-refractivity contribution is 6.42. The molecule has 0 aliphatic heterocycles. The van der Waals surface area contributed by atoms with E-state index in [1.165, 1.54) is 13.8 Å². The third-order valence-corrected chi connectivity index (χ3v) is 3.46. The highest BCUT2D eigenvalue weighted by atomic mass is 16.8. The molecule has 0 N–H and O–H groups in total. The van der Waals surface area contributed by atoms with E-state index < -0.39 is 19.3 Å². The van der Waals surface area contributed by atoms with Gasteiger partial charge in [0.1, 0.15) is 0 Å². The SMILES string of the molecule is CCO/C(O[B-](OC(C)=O)OC(C)=O)=C1\CCCC1=Nc1ccccc1. The Balaban J connectivity index is 2.30. The van der Waals surface area contributed by atoms with Crippen LogP contribution >= 0.6 is 0 Å². The Morgan fingerprint density at radius 3 is 2.27 bits per heavy atom. The van der Waals surface area contributed by atoms with E-state index >= 15 is 0 Å². The first kappa shape index (κ1) is 19.6. The third-order valence-electron chi connectivity index (χ3n) is 3.46. The van der Waals surface area contributed by atoms with Gasteiger partial charge in [0, 0.05) is 19.4 Å². The van der Waals surface area contributed by atoms with Gasteiger partial charge in [0.15, 0.2) is 0 Å². The molecule has 7 nitrogen and oxygen atoms in total. The summed E-state index contributed by atoms with van der Waals surface area (Å²) in [7, 11) is -1.50. The topological polar surface area (TPSA) is 83.4 Å². The second kappa shape index (κ2) is 9.65. The van der Waals surface area contributed by atoms with Gasteiger partial charge in [0.05, 0.1) is 18.0 Å². The van der Waals surface area contributed by atoms with Crippen LogP contribution in [0.3, 0.4) is 0 Å². The van der Waals surface area contributed by atoms with Crippen molar-refractivity contribution >= 4 is 30.7 Å². The van der Waals surface area contributed by atoms with Gasteiger partial charge < -0.3 is 18.7 Å². The van der Waals surface area contributed by atoms with Crippen LogP contribution in [0.4, 0.5) is 5.69 Å². The zero-order chi connectivity index (χ0) is 18.9. The molecule has 1 aliphatic carbocycles. The molecular formula is C18H22BNO6-. The molecule has 1 radical (unpaired) electrons. The molecule has 0 amide bonds. The van der Waals surface area contributed by atoms with E-state index in [4.69, 9.17) is 18.7 Å². The molecule has 1 saturated carbocycles. The van der Waals surface area contributed by atoms with Gasteiger partial charge in [0.2, 0.25) is 5.95 Å². The fourth-order valence-corrected chi connectivity index (χ4v) is 2.48. The monoisotopic (exact) mass is 359 g/mol. The van der Waals surface area contributed by atoms with Crippen molar-refractivity contribution in [1.29, 1.82) is 0 Å². The predicted molar refractivity (Wildman–Crippen MR) is 96.4 cm³/mol. The Bertz CT molecular complexity index is 685. The van der Waals surface area contributed by atoms with Crippen LogP contribution in [-0.4, -0.2) is 31.6 Å². The normalized spacial score (nSPS) is 17.2. The fourth-order valence-electron chi connectivity index (χ4n) is 2.48. The number of hydrogen-bond acceptors (Lipinski definition) is 7. The smallest absolute Gasteiger partial charge is 0.526 e. The molecule has 0 atom stereocenters. The van der Waals surface area contributed by atoms with Crippen molar-refractivity contribution < 1.29 is 28.3 Å². The average Bonchev–Trinajstić information content (AvgIpc) is 3.02. The maximum absolute atomic E-state index is 11.2. The van der Waals surface area contributed by atoms with Crippen LogP contribution in [0.25, 0.3) is 0 Å². The highest BCUT2D eigenvalue weighted by Crippen LogP contribution is 2.29. The van der Waals surface area contributed by atoms with Crippen molar-refractivity contribution in [2.75, 3.05) is 6.61 Å². The van der Waals surface area contributed by atoms with Gasteiger partial charge in [-0.15, -0.1) is 0 Å². The number of benzene rings is 1. The van der Waals surface area contributed by atoms with Crippen LogP contribution < -0.4 is 0 Å². The lowest BCUT2D eigenvalue weighted by Crippen LogP contribution is -2.32. The minimum absolute atomic E-state index is 0.159. The van der Waals surface area contributed by atoms with Gasteiger partial charge in [-0.05, 0) is 38.3 Å². The number of hydrogen-bond donors (Lipinski definition) is 0. The summed E-state index contributed by atoms with van der Waals surface area (Å²) in [6, 6.07) is 9.56. The zero-order valence-electron chi connectivity index (χ0n) is 15.2. The van der Waals surface area contributed by atoms with Crippen molar-refractivity contribution in [2.24, 2.45) is 4.99 Å². The minimum Gasteiger partial charge on any atom is -0.642 e. The van der Waals surface area contributed by atoms with Gasteiger partial charge in [-0.25, -0.2) is 0 Å². The quantitative estimate of drug-likeness (QED) is 0.549. The first-order chi connectivity index (χ1) is 12.5. The Hall–Kier alpha value is -2.77. The first-order valence-electron chi connectivity index (χ1n) is 8.49. The molecule has 1 aromatic carbocycles. The number of rotatable bonds is 7. The van der Waals surface area contributed by atoms with E-state index in [0.717, 1.165) is 29.8 Å². The minimum atomic E-state index is -1.50. The Morgan fingerprint density at radius 1 is 1.04 bits per heavy atom. The van der Waals surface area contributed by atoms with Gasteiger partial charge in [0.25, 0.3) is 11.9 Å². The summed E-state index contributed by atoms with van der Waals surface area (Å²) in [5.74, 6) is -1.12. The predicted octanol–water partition coefficient (Wildman–Crippen LogP) is 3.32. The van der Waals surface area contributed by atoms with Crippen molar-refractivity contribution in [1.82, 2.24) is 0 Å². The molecule has 8 heteroatoms. The molecule has 0 spiro atoms. The number of nitrogens with zero attached hydrogens (tertiary/aromatic N) is 1. The van der Waals surface area contributed by atoms with Crippen molar-refractivity contribution in [2.45, 2.75) is 40.0 Å². The van der Waals surface area contributed by atoms with Crippen LogP contribution in [0.5, 0.6) is 0 Å². The van der Waals surface area contributed by atoms with Gasteiger partial charge >= 0.3 is 7.32 Å². The molecular weight excluding hydrogens is 337 g/mol. The lowest BCUT2D eigenvalue weighted by atomic mass is 10.2.